The predicted molar refractivity (Wildman–Crippen MR) is 85.4 cm³/mol. The lowest BCUT2D eigenvalue weighted by Crippen LogP contribution is -2.45. The molecule has 1 amide bonds. The molecule has 1 atom stereocenters. The third-order valence-electron chi connectivity index (χ3n) is 3.69. The lowest BCUT2D eigenvalue weighted by molar-refractivity contribution is -0.883. The van der Waals surface area contributed by atoms with E-state index >= 15 is 0 Å². The molecule has 0 saturated carbocycles. The highest BCUT2D eigenvalue weighted by molar-refractivity contribution is 5.75. The normalized spacial score (nSPS) is 12.9. The monoisotopic (exact) mass is 319 g/mol. The van der Waals surface area contributed by atoms with Crippen LogP contribution in [0.4, 0.5) is 4.39 Å². The Balaban J connectivity index is 3.56. The Morgan fingerprint density at radius 1 is 1.18 bits per heavy atom. The van der Waals surface area contributed by atoms with Gasteiger partial charge in [-0.1, -0.05) is 19.8 Å². The Hall–Kier alpha value is -1.17. The second-order valence-corrected chi connectivity index (χ2v) is 6.52. The zero-order valence-corrected chi connectivity index (χ0v) is 14.2. The molecule has 0 aromatic rings. The van der Waals surface area contributed by atoms with Crippen LogP contribution in [0.25, 0.3) is 0 Å². The molecule has 0 radical (unpaired) electrons. The van der Waals surface area contributed by atoms with E-state index in [2.05, 4.69) is 5.32 Å². The first-order valence-electron chi connectivity index (χ1n) is 8.21. The summed E-state index contributed by atoms with van der Waals surface area (Å²) < 4.78 is 13.4. The van der Waals surface area contributed by atoms with Gasteiger partial charge >= 0.3 is 5.97 Å². The van der Waals surface area contributed by atoms with Crippen LogP contribution in [0.15, 0.2) is 0 Å². The number of rotatable bonds is 13. The number of carbonyl (C=O) groups is 2. The number of carboxylic acids is 1. The number of halogens is 1. The molecular weight excluding hydrogens is 287 g/mol. The van der Waals surface area contributed by atoms with Crippen LogP contribution in [0, 0.1) is 0 Å². The first-order valence-corrected chi connectivity index (χ1v) is 8.21. The summed E-state index contributed by atoms with van der Waals surface area (Å²) in [6, 6.07) is 0. The number of carbonyl (C=O) groups excluding carboxylic acids is 1. The fraction of sp³-hybridized carbons (Fsp3) is 0.875. The van der Waals surface area contributed by atoms with Crippen LogP contribution < -0.4 is 5.32 Å². The fourth-order valence-corrected chi connectivity index (χ4v) is 2.30. The number of unbranched alkanes of at least 4 members (excludes halogenated alkanes) is 2. The molecule has 6 heteroatoms. The van der Waals surface area contributed by atoms with Gasteiger partial charge in [-0.25, -0.2) is 9.18 Å². The topological polar surface area (TPSA) is 66.4 Å². The summed E-state index contributed by atoms with van der Waals surface area (Å²) in [7, 11) is 3.73. The molecule has 0 heterocycles. The second kappa shape index (κ2) is 11.4. The highest BCUT2D eigenvalue weighted by Gasteiger charge is 2.18. The maximum Gasteiger partial charge on any atom is 0.359 e. The molecule has 0 spiro atoms. The van der Waals surface area contributed by atoms with E-state index in [0.717, 1.165) is 25.7 Å². The summed E-state index contributed by atoms with van der Waals surface area (Å²) in [5.41, 5.74) is 0. The lowest BCUT2D eigenvalue weighted by atomic mass is 10.1. The van der Waals surface area contributed by atoms with E-state index < -0.39 is 12.1 Å². The van der Waals surface area contributed by atoms with Gasteiger partial charge in [-0.2, -0.15) is 0 Å². The van der Waals surface area contributed by atoms with Crippen LogP contribution in [-0.4, -0.2) is 61.4 Å². The zero-order chi connectivity index (χ0) is 17.0. The molecule has 2 N–H and O–H groups in total. The van der Waals surface area contributed by atoms with E-state index in [0.29, 0.717) is 36.8 Å². The number of quaternary nitrogens is 1. The number of alkyl halides is 1. The van der Waals surface area contributed by atoms with Crippen molar-refractivity contribution in [1.82, 2.24) is 5.32 Å². The van der Waals surface area contributed by atoms with Crippen molar-refractivity contribution in [3.8, 4) is 0 Å². The summed E-state index contributed by atoms with van der Waals surface area (Å²) in [4.78, 5) is 22.3. The van der Waals surface area contributed by atoms with Gasteiger partial charge in [0.25, 0.3) is 0 Å². The van der Waals surface area contributed by atoms with E-state index in [4.69, 9.17) is 5.11 Å². The van der Waals surface area contributed by atoms with Gasteiger partial charge in [0.15, 0.2) is 6.54 Å². The van der Waals surface area contributed by atoms with Gasteiger partial charge in [-0.15, -0.1) is 0 Å². The van der Waals surface area contributed by atoms with E-state index in [9.17, 15) is 14.0 Å². The standard InChI is InChI=1S/C16H31FN2O3/c1-4-14(17)9-6-5-7-10-15(20)18-11-8-12-19(2,3)13-16(21)22/h14H,4-13H2,1-3H3,(H-,18,20,21,22)/p+1. The average Bonchev–Trinajstić information content (AvgIpc) is 2.41. The Labute approximate surface area is 133 Å². The summed E-state index contributed by atoms with van der Waals surface area (Å²) in [6.45, 7) is 3.21. The van der Waals surface area contributed by atoms with E-state index in [1.165, 1.54) is 0 Å². The minimum absolute atomic E-state index is 0.0239. The highest BCUT2D eigenvalue weighted by Crippen LogP contribution is 2.10. The third kappa shape index (κ3) is 12.6. The van der Waals surface area contributed by atoms with Crippen molar-refractivity contribution in [3.05, 3.63) is 0 Å². The van der Waals surface area contributed by atoms with Gasteiger partial charge in [0, 0.05) is 19.4 Å². The number of hydrogen-bond acceptors (Lipinski definition) is 2. The molecule has 0 rings (SSSR count). The largest absolute Gasteiger partial charge is 0.477 e. The van der Waals surface area contributed by atoms with Crippen molar-refractivity contribution in [2.75, 3.05) is 33.7 Å². The summed E-state index contributed by atoms with van der Waals surface area (Å²) >= 11 is 0. The van der Waals surface area contributed by atoms with Crippen molar-refractivity contribution < 1.29 is 23.6 Å². The minimum atomic E-state index is -0.812. The van der Waals surface area contributed by atoms with E-state index in [-0.39, 0.29) is 12.5 Å². The number of likely N-dealkylation sites (N-methyl/N-ethyl adjacent to an activating group) is 1. The quantitative estimate of drug-likeness (QED) is 0.404. The molecule has 0 saturated heterocycles. The van der Waals surface area contributed by atoms with Gasteiger partial charge < -0.3 is 14.9 Å². The Morgan fingerprint density at radius 3 is 2.45 bits per heavy atom. The Bertz CT molecular complexity index is 335. The van der Waals surface area contributed by atoms with Crippen molar-refractivity contribution in [1.29, 1.82) is 0 Å². The molecule has 0 aromatic heterocycles. The molecule has 0 aliphatic heterocycles. The number of aliphatic carboxylic acids is 1. The van der Waals surface area contributed by atoms with Gasteiger partial charge in [-0.05, 0) is 19.3 Å². The van der Waals surface area contributed by atoms with Gasteiger partial charge in [0.1, 0.15) is 0 Å². The van der Waals surface area contributed by atoms with Crippen molar-refractivity contribution in [2.24, 2.45) is 0 Å². The number of amides is 1. The van der Waals surface area contributed by atoms with Crippen LogP contribution in [0.5, 0.6) is 0 Å². The maximum absolute atomic E-state index is 13.0. The highest BCUT2D eigenvalue weighted by atomic mass is 19.1. The molecule has 5 nitrogen and oxygen atoms in total. The first kappa shape index (κ1) is 20.8. The van der Waals surface area contributed by atoms with Crippen LogP contribution in [0.2, 0.25) is 0 Å². The SMILES string of the molecule is CCC(F)CCCCCC(=O)NCCC[N+](C)(C)CC(=O)O. The molecule has 130 valence electrons. The zero-order valence-electron chi connectivity index (χ0n) is 14.2. The van der Waals surface area contributed by atoms with Gasteiger partial charge in [0.2, 0.25) is 5.91 Å². The molecule has 1 unspecified atom stereocenters. The van der Waals surface area contributed by atoms with E-state index in [1.807, 2.05) is 21.0 Å². The number of hydrogen-bond donors (Lipinski definition) is 2. The number of carboxylic acid groups (broad SMARTS) is 1. The van der Waals surface area contributed by atoms with Crippen molar-refractivity contribution >= 4 is 11.9 Å². The molecule has 0 bridgehead atoms. The minimum Gasteiger partial charge on any atom is -0.477 e. The van der Waals surface area contributed by atoms with Crippen molar-refractivity contribution in [2.45, 2.75) is 58.0 Å². The smallest absolute Gasteiger partial charge is 0.359 e. The van der Waals surface area contributed by atoms with Crippen LogP contribution >= 0.6 is 0 Å². The molecule has 0 fully saturated rings. The Kier molecular flexibility index (Phi) is 10.8. The fourth-order valence-electron chi connectivity index (χ4n) is 2.30. The van der Waals surface area contributed by atoms with Crippen molar-refractivity contribution in [3.63, 3.8) is 0 Å². The van der Waals surface area contributed by atoms with Crippen LogP contribution in [0.1, 0.15) is 51.9 Å². The molecule has 22 heavy (non-hydrogen) atoms. The molecule has 0 aromatic carbocycles. The lowest BCUT2D eigenvalue weighted by Gasteiger charge is -2.27. The first-order chi connectivity index (χ1) is 10.3. The van der Waals surface area contributed by atoms with Crippen LogP contribution in [0.3, 0.4) is 0 Å². The van der Waals surface area contributed by atoms with Crippen LogP contribution in [-0.2, 0) is 9.59 Å². The summed E-state index contributed by atoms with van der Waals surface area (Å²) in [5, 5.41) is 11.6. The summed E-state index contributed by atoms with van der Waals surface area (Å²) in [6.07, 6.45) is 4.21. The molecule has 0 aliphatic rings. The number of nitrogens with one attached hydrogen (secondary N) is 1. The molecular formula is C16H32FN2O3+. The van der Waals surface area contributed by atoms with Gasteiger partial charge in [-0.3, -0.25) is 4.79 Å². The van der Waals surface area contributed by atoms with E-state index in [1.54, 1.807) is 0 Å². The average molecular weight is 319 g/mol. The second-order valence-electron chi connectivity index (χ2n) is 6.52. The van der Waals surface area contributed by atoms with Gasteiger partial charge in [0.05, 0.1) is 26.8 Å². The Morgan fingerprint density at radius 2 is 1.86 bits per heavy atom. The predicted octanol–water partition coefficient (Wildman–Crippen LogP) is 2.35. The third-order valence-corrected chi connectivity index (χ3v) is 3.69. The number of nitrogens with zero attached hydrogens (tertiary/aromatic N) is 1. The summed E-state index contributed by atoms with van der Waals surface area (Å²) in [5.74, 6) is -0.788. The molecule has 0 aliphatic carbocycles. The maximum atomic E-state index is 13.0.